The first-order valence-electron chi connectivity index (χ1n) is 6.88. The lowest BCUT2D eigenvalue weighted by molar-refractivity contribution is 0.232. The van der Waals surface area contributed by atoms with E-state index in [4.69, 9.17) is 0 Å². The summed E-state index contributed by atoms with van der Waals surface area (Å²) >= 11 is 0. The van der Waals surface area contributed by atoms with Crippen LogP contribution in [0.5, 0.6) is 0 Å². The molecule has 3 rings (SSSR count). The van der Waals surface area contributed by atoms with E-state index in [9.17, 15) is 8.42 Å². The zero-order valence-electron chi connectivity index (χ0n) is 10.4. The predicted molar refractivity (Wildman–Crippen MR) is 67.3 cm³/mol. The molecule has 1 aliphatic carbocycles. The minimum absolute atomic E-state index is 0.0602. The molecule has 4 nitrogen and oxygen atoms in total. The first kappa shape index (κ1) is 11.9. The van der Waals surface area contributed by atoms with Gasteiger partial charge in [-0.2, -0.15) is 4.31 Å². The monoisotopic (exact) mass is 258 g/mol. The van der Waals surface area contributed by atoms with Crippen LogP contribution in [0.4, 0.5) is 0 Å². The van der Waals surface area contributed by atoms with Crippen LogP contribution in [0.25, 0.3) is 0 Å². The summed E-state index contributed by atoms with van der Waals surface area (Å²) in [6, 6.07) is 1.37. The van der Waals surface area contributed by atoms with E-state index in [1.807, 2.05) is 6.92 Å². The van der Waals surface area contributed by atoms with Gasteiger partial charge < -0.3 is 5.32 Å². The highest BCUT2D eigenvalue weighted by atomic mass is 32.2. The van der Waals surface area contributed by atoms with E-state index in [0.29, 0.717) is 18.6 Å². The molecule has 2 heterocycles. The average Bonchev–Trinajstić information content (AvgIpc) is 3.07. The lowest BCUT2D eigenvalue weighted by atomic mass is 10.00. The summed E-state index contributed by atoms with van der Waals surface area (Å²) in [6.45, 7) is 2.62. The SMILES string of the molecule is CCN(C1CC2CCC(C1)N2)S(=O)(=O)C1CC1. The third-order valence-corrected chi connectivity index (χ3v) is 6.96. The second-order valence-corrected chi connectivity index (χ2v) is 7.88. The highest BCUT2D eigenvalue weighted by Gasteiger charge is 2.45. The Morgan fingerprint density at radius 2 is 1.71 bits per heavy atom. The number of rotatable bonds is 4. The molecular formula is C12H22N2O2S. The Morgan fingerprint density at radius 1 is 1.12 bits per heavy atom. The number of sulfonamides is 1. The van der Waals surface area contributed by atoms with Crippen LogP contribution in [-0.2, 0) is 10.0 Å². The maximum absolute atomic E-state index is 12.4. The van der Waals surface area contributed by atoms with Gasteiger partial charge in [-0.1, -0.05) is 6.92 Å². The van der Waals surface area contributed by atoms with Crippen LogP contribution in [-0.4, -0.2) is 42.6 Å². The Kier molecular flexibility index (Phi) is 2.96. The van der Waals surface area contributed by atoms with Crippen molar-refractivity contribution in [3.63, 3.8) is 0 Å². The molecule has 0 amide bonds. The Balaban J connectivity index is 1.77. The van der Waals surface area contributed by atoms with Gasteiger partial charge >= 0.3 is 0 Å². The second-order valence-electron chi connectivity index (χ2n) is 5.71. The molecule has 98 valence electrons. The molecule has 0 aromatic carbocycles. The second kappa shape index (κ2) is 4.21. The zero-order valence-corrected chi connectivity index (χ0v) is 11.2. The van der Waals surface area contributed by atoms with Crippen molar-refractivity contribution in [1.82, 2.24) is 9.62 Å². The molecule has 1 N–H and O–H groups in total. The molecule has 2 saturated heterocycles. The summed E-state index contributed by atoms with van der Waals surface area (Å²) in [7, 11) is -2.99. The summed E-state index contributed by atoms with van der Waals surface area (Å²) in [4.78, 5) is 0. The number of nitrogens with one attached hydrogen (secondary N) is 1. The summed E-state index contributed by atoms with van der Waals surface area (Å²) in [6.07, 6.45) is 6.21. The number of nitrogens with zero attached hydrogens (tertiary/aromatic N) is 1. The minimum atomic E-state index is -2.99. The fraction of sp³-hybridized carbons (Fsp3) is 1.00. The van der Waals surface area contributed by atoms with Crippen LogP contribution in [0, 0.1) is 0 Å². The lowest BCUT2D eigenvalue weighted by Crippen LogP contribution is -2.50. The van der Waals surface area contributed by atoms with Crippen molar-refractivity contribution in [2.45, 2.75) is 68.8 Å². The molecule has 3 fully saturated rings. The average molecular weight is 258 g/mol. The quantitative estimate of drug-likeness (QED) is 0.821. The van der Waals surface area contributed by atoms with Crippen molar-refractivity contribution in [3.05, 3.63) is 0 Å². The summed E-state index contributed by atoms with van der Waals surface area (Å²) in [5.74, 6) is 0. The van der Waals surface area contributed by atoms with Gasteiger partial charge in [0.05, 0.1) is 5.25 Å². The van der Waals surface area contributed by atoms with Crippen LogP contribution in [0.1, 0.15) is 45.4 Å². The molecule has 1 saturated carbocycles. The van der Waals surface area contributed by atoms with Gasteiger partial charge in [0, 0.05) is 24.7 Å². The van der Waals surface area contributed by atoms with Gasteiger partial charge in [-0.3, -0.25) is 0 Å². The van der Waals surface area contributed by atoms with E-state index >= 15 is 0 Å². The summed E-state index contributed by atoms with van der Waals surface area (Å²) in [5.41, 5.74) is 0. The Bertz CT molecular complexity index is 379. The van der Waals surface area contributed by atoms with Gasteiger partial charge in [-0.05, 0) is 38.5 Å². The topological polar surface area (TPSA) is 49.4 Å². The molecule has 0 aromatic heterocycles. The molecule has 5 heteroatoms. The fourth-order valence-corrected chi connectivity index (χ4v) is 5.53. The Labute approximate surface area is 104 Å². The molecule has 17 heavy (non-hydrogen) atoms. The smallest absolute Gasteiger partial charge is 0.217 e. The van der Waals surface area contributed by atoms with Crippen LogP contribution in [0.15, 0.2) is 0 Å². The number of hydrogen-bond acceptors (Lipinski definition) is 3. The molecule has 0 radical (unpaired) electrons. The summed E-state index contributed by atoms with van der Waals surface area (Å²) in [5, 5.41) is 3.51. The molecular weight excluding hydrogens is 236 g/mol. The van der Waals surface area contributed by atoms with E-state index in [1.165, 1.54) is 12.8 Å². The molecule has 0 aromatic rings. The van der Waals surface area contributed by atoms with Gasteiger partial charge in [0.15, 0.2) is 0 Å². The van der Waals surface area contributed by atoms with Crippen LogP contribution in [0.3, 0.4) is 0 Å². The standard InChI is InChI=1S/C12H22N2O2S/c1-2-14(17(15,16)12-5-6-12)11-7-9-3-4-10(8-11)13-9/h9-13H,2-8H2,1H3. The molecule has 0 spiro atoms. The fourth-order valence-electron chi connectivity index (χ4n) is 3.47. The van der Waals surface area contributed by atoms with Crippen molar-refractivity contribution in [3.8, 4) is 0 Å². The normalized spacial score (nSPS) is 37.6. The molecule has 2 unspecified atom stereocenters. The van der Waals surface area contributed by atoms with Crippen molar-refractivity contribution in [1.29, 1.82) is 0 Å². The number of fused-ring (bicyclic) bond motifs is 2. The first-order chi connectivity index (χ1) is 8.11. The maximum Gasteiger partial charge on any atom is 0.217 e. The molecule has 2 atom stereocenters. The highest BCUT2D eigenvalue weighted by molar-refractivity contribution is 7.90. The highest BCUT2D eigenvalue weighted by Crippen LogP contribution is 2.36. The van der Waals surface area contributed by atoms with Crippen molar-refractivity contribution >= 4 is 10.0 Å². The zero-order chi connectivity index (χ0) is 12.0. The van der Waals surface area contributed by atoms with Gasteiger partial charge in [-0.25, -0.2) is 8.42 Å². The Hall–Kier alpha value is -0.130. The van der Waals surface area contributed by atoms with Crippen molar-refractivity contribution in [2.75, 3.05) is 6.54 Å². The maximum atomic E-state index is 12.4. The minimum Gasteiger partial charge on any atom is -0.311 e. The van der Waals surface area contributed by atoms with E-state index in [2.05, 4.69) is 5.32 Å². The third kappa shape index (κ3) is 2.13. The largest absolute Gasteiger partial charge is 0.311 e. The first-order valence-corrected chi connectivity index (χ1v) is 8.38. The van der Waals surface area contributed by atoms with Gasteiger partial charge in [-0.15, -0.1) is 0 Å². The van der Waals surface area contributed by atoms with Crippen molar-refractivity contribution < 1.29 is 8.42 Å². The van der Waals surface area contributed by atoms with Gasteiger partial charge in [0.1, 0.15) is 0 Å². The number of hydrogen-bond donors (Lipinski definition) is 1. The molecule has 2 aliphatic heterocycles. The molecule has 2 bridgehead atoms. The van der Waals surface area contributed by atoms with Gasteiger partial charge in [0.25, 0.3) is 0 Å². The lowest BCUT2D eigenvalue weighted by Gasteiger charge is -2.36. The van der Waals surface area contributed by atoms with Crippen molar-refractivity contribution in [2.24, 2.45) is 0 Å². The predicted octanol–water partition coefficient (Wildman–Crippen LogP) is 1.08. The van der Waals surface area contributed by atoms with E-state index in [0.717, 1.165) is 25.7 Å². The van der Waals surface area contributed by atoms with Crippen LogP contribution in [0.2, 0.25) is 0 Å². The van der Waals surface area contributed by atoms with E-state index in [-0.39, 0.29) is 11.3 Å². The summed E-state index contributed by atoms with van der Waals surface area (Å²) < 4.78 is 26.5. The third-order valence-electron chi connectivity index (χ3n) is 4.44. The van der Waals surface area contributed by atoms with E-state index < -0.39 is 10.0 Å². The van der Waals surface area contributed by atoms with E-state index in [1.54, 1.807) is 4.31 Å². The Morgan fingerprint density at radius 3 is 2.18 bits per heavy atom. The van der Waals surface area contributed by atoms with Gasteiger partial charge in [0.2, 0.25) is 10.0 Å². The van der Waals surface area contributed by atoms with Crippen LogP contribution >= 0.6 is 0 Å². The van der Waals surface area contributed by atoms with Crippen LogP contribution < -0.4 is 5.32 Å². The number of piperidine rings is 1. The molecule has 3 aliphatic rings.